The zero-order valence-corrected chi connectivity index (χ0v) is 18.9. The molecule has 1 aromatic heterocycles. The van der Waals surface area contributed by atoms with Crippen molar-refractivity contribution in [3.8, 4) is 0 Å². The molecule has 2 unspecified atom stereocenters. The molecular weight excluding hydrogens is 517 g/mol. The Morgan fingerprint density at radius 1 is 1.31 bits per heavy atom. The summed E-state index contributed by atoms with van der Waals surface area (Å²) < 4.78 is 67.5. The second-order valence-corrected chi connectivity index (χ2v) is 10.8. The second kappa shape index (κ2) is 8.50. The van der Waals surface area contributed by atoms with Gasteiger partial charge in [-0.2, -0.15) is 5.10 Å². The minimum Gasteiger partial charge on any atom is -0.410 e. The summed E-state index contributed by atoms with van der Waals surface area (Å²) in [6.07, 6.45) is 3.71. The molecule has 3 aliphatic rings. The number of sulfone groups is 1. The number of carbonyl (C=O) groups is 1. The fourth-order valence-electron chi connectivity index (χ4n) is 3.64. The van der Waals surface area contributed by atoms with Crippen molar-refractivity contribution in [2.24, 2.45) is 4.99 Å². The first-order valence-electron chi connectivity index (χ1n) is 9.61. The number of halogens is 4. The molecule has 1 aromatic rings. The maximum Gasteiger partial charge on any atom is 0.572 e. The number of alkyl halides is 4. The highest BCUT2D eigenvalue weighted by molar-refractivity contribution is 9.09. The summed E-state index contributed by atoms with van der Waals surface area (Å²) in [5.74, 6) is -1.35. The Morgan fingerprint density at radius 3 is 2.72 bits per heavy atom. The first-order valence-corrected chi connectivity index (χ1v) is 12.3. The van der Waals surface area contributed by atoms with Crippen LogP contribution in [0.1, 0.15) is 35.1 Å². The van der Waals surface area contributed by atoms with E-state index in [-0.39, 0.29) is 36.2 Å². The van der Waals surface area contributed by atoms with Crippen LogP contribution in [0.25, 0.3) is 5.57 Å². The zero-order chi connectivity index (χ0) is 23.1. The Hall–Kier alpha value is -2.41. The maximum atomic E-state index is 12.9. The molecule has 13 heteroatoms. The fourth-order valence-corrected chi connectivity index (χ4v) is 5.60. The van der Waals surface area contributed by atoms with Crippen LogP contribution in [-0.2, 0) is 14.6 Å². The number of aliphatic imine (C=N–C) groups is 1. The quantitative estimate of drug-likeness (QED) is 0.553. The molecule has 0 saturated carbocycles. The Balaban J connectivity index is 1.72. The molecule has 172 valence electrons. The third kappa shape index (κ3) is 5.14. The van der Waals surface area contributed by atoms with Crippen LogP contribution in [0.3, 0.4) is 0 Å². The maximum absolute atomic E-state index is 12.9. The fraction of sp³-hybridized carbons (Fsp3) is 0.421. The molecule has 0 N–H and O–H groups in total. The van der Waals surface area contributed by atoms with Crippen LogP contribution in [0.4, 0.5) is 13.2 Å². The monoisotopic (exact) mass is 534 g/mol. The minimum atomic E-state index is -4.83. The van der Waals surface area contributed by atoms with Gasteiger partial charge in [-0.15, -0.1) is 13.2 Å². The molecule has 1 fully saturated rings. The number of carbonyl (C=O) groups excluding carboxylic acids is 1. The number of aromatic nitrogens is 2. The van der Waals surface area contributed by atoms with Crippen molar-refractivity contribution in [1.29, 1.82) is 0 Å². The van der Waals surface area contributed by atoms with Crippen molar-refractivity contribution in [3.63, 3.8) is 0 Å². The number of rotatable bonds is 4. The Labute approximate surface area is 190 Å². The van der Waals surface area contributed by atoms with Crippen molar-refractivity contribution >= 4 is 43.5 Å². The lowest BCUT2D eigenvalue weighted by Crippen LogP contribution is -2.29. The second-order valence-electron chi connectivity index (χ2n) is 7.49. The molecule has 8 nitrogen and oxygen atoms in total. The molecule has 1 aliphatic carbocycles. The molecule has 4 rings (SSSR count). The smallest absolute Gasteiger partial charge is 0.410 e. The molecular formula is C19H18BrF3N4O4S. The summed E-state index contributed by atoms with van der Waals surface area (Å²) >= 11 is 3.32. The Morgan fingerprint density at radius 2 is 2.09 bits per heavy atom. The summed E-state index contributed by atoms with van der Waals surface area (Å²) in [5, 5.41) is 4.38. The van der Waals surface area contributed by atoms with Gasteiger partial charge in [-0.1, -0.05) is 28.1 Å². The highest BCUT2D eigenvalue weighted by atomic mass is 79.9. The van der Waals surface area contributed by atoms with Crippen LogP contribution in [0.5, 0.6) is 0 Å². The molecule has 3 heterocycles. The zero-order valence-electron chi connectivity index (χ0n) is 16.5. The van der Waals surface area contributed by atoms with E-state index in [0.29, 0.717) is 17.7 Å². The number of nitrogens with zero attached hydrogens (tertiary/aromatic N) is 4. The number of amides is 1. The van der Waals surface area contributed by atoms with Crippen LogP contribution in [-0.4, -0.2) is 64.6 Å². The molecule has 2 aliphatic heterocycles. The summed E-state index contributed by atoms with van der Waals surface area (Å²) in [6, 6.07) is 1.09. The predicted molar refractivity (Wildman–Crippen MR) is 114 cm³/mol. The molecule has 0 spiro atoms. The molecule has 0 bridgehead atoms. The Bertz CT molecular complexity index is 1150. The van der Waals surface area contributed by atoms with E-state index < -0.39 is 32.8 Å². The number of hydrogen-bond acceptors (Lipinski definition) is 6. The van der Waals surface area contributed by atoms with E-state index in [2.05, 4.69) is 30.8 Å². The predicted octanol–water partition coefficient (Wildman–Crippen LogP) is 3.21. The third-order valence-corrected chi connectivity index (χ3v) is 7.12. The van der Waals surface area contributed by atoms with Gasteiger partial charge >= 0.3 is 6.36 Å². The highest BCUT2D eigenvalue weighted by Crippen LogP contribution is 2.34. The van der Waals surface area contributed by atoms with E-state index in [4.69, 9.17) is 0 Å². The summed E-state index contributed by atoms with van der Waals surface area (Å²) in [7, 11) is -3.33. The average molecular weight is 535 g/mol. The highest BCUT2D eigenvalue weighted by Gasteiger charge is 2.35. The molecule has 1 saturated heterocycles. The van der Waals surface area contributed by atoms with E-state index in [9.17, 15) is 26.4 Å². The van der Waals surface area contributed by atoms with E-state index in [1.165, 1.54) is 21.7 Å². The largest absolute Gasteiger partial charge is 0.572 e. The average Bonchev–Trinajstić information content (AvgIpc) is 3.30. The third-order valence-electron chi connectivity index (χ3n) is 5.02. The van der Waals surface area contributed by atoms with Crippen molar-refractivity contribution in [1.82, 2.24) is 14.7 Å². The lowest BCUT2D eigenvalue weighted by atomic mass is 10.0. The number of allylic oxidation sites excluding steroid dienone is 5. The summed E-state index contributed by atoms with van der Waals surface area (Å²) in [6.45, 7) is 0.0621. The van der Waals surface area contributed by atoms with Gasteiger partial charge in [0, 0.05) is 35.8 Å². The number of hydrogen-bond donors (Lipinski definition) is 0. The van der Waals surface area contributed by atoms with Gasteiger partial charge in [0.15, 0.2) is 15.5 Å². The van der Waals surface area contributed by atoms with Gasteiger partial charge in [0.25, 0.3) is 5.91 Å². The minimum absolute atomic E-state index is 0.00218. The topological polar surface area (TPSA) is 93.9 Å². The van der Waals surface area contributed by atoms with Crippen LogP contribution < -0.4 is 0 Å². The van der Waals surface area contributed by atoms with Crippen LogP contribution in [0.15, 0.2) is 41.2 Å². The van der Waals surface area contributed by atoms with E-state index in [1.807, 2.05) is 0 Å². The SMILES string of the molecule is O=C(c1cc(C2=CC(Br)CC(OC(F)(F)F)=C2)n(C2C=NC=CC2)n1)N1CCS(=O)(=O)C1. The van der Waals surface area contributed by atoms with Gasteiger partial charge in [-0.3, -0.25) is 14.5 Å². The van der Waals surface area contributed by atoms with E-state index >= 15 is 0 Å². The molecule has 1 amide bonds. The lowest BCUT2D eigenvalue weighted by Gasteiger charge is -2.21. The van der Waals surface area contributed by atoms with Crippen molar-refractivity contribution in [2.75, 3.05) is 18.2 Å². The van der Waals surface area contributed by atoms with Gasteiger partial charge in [-0.25, -0.2) is 8.42 Å². The normalized spacial score (nSPS) is 24.9. The van der Waals surface area contributed by atoms with Crippen LogP contribution in [0.2, 0.25) is 0 Å². The first kappa shape index (κ1) is 22.8. The van der Waals surface area contributed by atoms with Crippen LogP contribution in [0, 0.1) is 0 Å². The Kier molecular flexibility index (Phi) is 6.05. The molecule has 2 atom stereocenters. The van der Waals surface area contributed by atoms with Crippen molar-refractivity contribution < 1.29 is 31.1 Å². The van der Waals surface area contributed by atoms with Gasteiger partial charge in [0.05, 0.1) is 17.5 Å². The van der Waals surface area contributed by atoms with E-state index in [1.54, 1.807) is 24.6 Å². The van der Waals surface area contributed by atoms with Gasteiger partial charge in [0.1, 0.15) is 11.6 Å². The molecule has 0 aromatic carbocycles. The van der Waals surface area contributed by atoms with Crippen molar-refractivity contribution in [3.05, 3.63) is 47.6 Å². The van der Waals surface area contributed by atoms with Gasteiger partial charge in [-0.05, 0) is 18.6 Å². The number of ether oxygens (including phenoxy) is 1. The van der Waals surface area contributed by atoms with Crippen LogP contribution >= 0.6 is 15.9 Å². The first-order chi connectivity index (χ1) is 15.0. The molecule has 32 heavy (non-hydrogen) atoms. The molecule has 0 radical (unpaired) electrons. The van der Waals surface area contributed by atoms with Gasteiger partial charge < -0.3 is 9.64 Å². The van der Waals surface area contributed by atoms with Gasteiger partial charge in [0.2, 0.25) is 0 Å². The van der Waals surface area contributed by atoms with Crippen molar-refractivity contribution in [2.45, 2.75) is 30.1 Å². The van der Waals surface area contributed by atoms with E-state index in [0.717, 1.165) is 0 Å². The standard InChI is InChI=1S/C19H18BrF3N4O4S/c20-13-6-12(7-15(8-13)31-19(21,22)23)17-9-16(18(28)26-4-5-32(29,30)11-26)25-27(17)14-2-1-3-24-10-14/h1,3,6-7,9-10,13-14H,2,4-5,8,11H2. The summed E-state index contributed by atoms with van der Waals surface area (Å²) in [4.78, 5) is 17.8. The summed E-state index contributed by atoms with van der Waals surface area (Å²) in [5.41, 5.74) is 0.792. The lowest BCUT2D eigenvalue weighted by molar-refractivity contribution is -0.306.